The van der Waals surface area contributed by atoms with Crippen molar-refractivity contribution in [3.8, 4) is 0 Å². The molecule has 6 N–H and O–H groups in total. The minimum absolute atomic E-state index is 0.0947. The number of nitrogens with zero attached hydrogens (tertiary/aromatic N) is 12. The van der Waals surface area contributed by atoms with Crippen LogP contribution in [-0.4, -0.2) is 189 Å². The third kappa shape index (κ3) is 14.4. The van der Waals surface area contributed by atoms with Crippen molar-refractivity contribution in [3.05, 3.63) is 140 Å². The van der Waals surface area contributed by atoms with Gasteiger partial charge < -0.3 is 60.7 Å². The van der Waals surface area contributed by atoms with Crippen LogP contribution in [0.5, 0.6) is 0 Å². The summed E-state index contributed by atoms with van der Waals surface area (Å²) in [7, 11) is 5.20. The van der Waals surface area contributed by atoms with E-state index in [0.29, 0.717) is 148 Å². The number of nitrogens with one attached hydrogen (secondary N) is 3. The van der Waals surface area contributed by atoms with Crippen molar-refractivity contribution in [1.29, 1.82) is 0 Å². The Morgan fingerprint density at radius 2 is 0.720 bits per heavy atom. The Kier molecular flexibility index (Phi) is 20.3. The Morgan fingerprint density at radius 3 is 0.957 bits per heavy atom. The number of rotatable bonds is 9. The molecule has 27 heteroatoms. The fourth-order valence-corrected chi connectivity index (χ4v) is 13.1. The number of fused-ring (bicyclic) bond motifs is 9. The molecule has 0 fully saturated rings. The van der Waals surface area contributed by atoms with Crippen molar-refractivity contribution >= 4 is 52.9 Å². The molecule has 3 aromatic carbocycles. The van der Waals surface area contributed by atoms with Gasteiger partial charge in [-0.05, 0) is 111 Å². The average molecular weight is 1290 g/mol. The van der Waals surface area contributed by atoms with E-state index in [1.54, 1.807) is 104 Å². The average Bonchev–Trinajstić information content (AvgIpc) is 1.66. The zero-order valence-corrected chi connectivity index (χ0v) is 54.2. The highest BCUT2D eigenvalue weighted by molar-refractivity contribution is 5.97. The van der Waals surface area contributed by atoms with Gasteiger partial charge in [-0.2, -0.15) is 15.3 Å². The molecule has 6 aliphatic heterocycles. The maximum atomic E-state index is 13.5. The van der Waals surface area contributed by atoms with E-state index in [1.807, 2.05) is 20.8 Å². The predicted molar refractivity (Wildman–Crippen MR) is 340 cm³/mol. The molecule has 6 aliphatic rings. The van der Waals surface area contributed by atoms with E-state index in [0.717, 1.165) is 33.8 Å². The number of aliphatic hydroxyl groups excluding tert-OH is 3. The first-order valence-corrected chi connectivity index (χ1v) is 31.9. The number of amides is 9. The Hall–Kier alpha value is -8.82. The fourth-order valence-electron chi connectivity index (χ4n) is 13.1. The number of carbonyl (C=O) groups is 6. The zero-order chi connectivity index (χ0) is 66.9. The van der Waals surface area contributed by atoms with Gasteiger partial charge >= 0.3 is 18.1 Å². The maximum absolute atomic E-state index is 13.5. The lowest BCUT2D eigenvalue weighted by Crippen LogP contribution is -2.40. The second-order valence-corrected chi connectivity index (χ2v) is 25.3. The summed E-state index contributed by atoms with van der Waals surface area (Å²) < 4.78 is 45.6. The number of urea groups is 3. The summed E-state index contributed by atoms with van der Waals surface area (Å²) in [5, 5.41) is 53.5. The van der Waals surface area contributed by atoms with Crippen LogP contribution in [0.25, 0.3) is 0 Å². The minimum Gasteiger partial charge on any atom is -0.393 e. The second kappa shape index (κ2) is 28.2. The van der Waals surface area contributed by atoms with Crippen LogP contribution in [0.3, 0.4) is 0 Å². The van der Waals surface area contributed by atoms with Crippen molar-refractivity contribution < 1.29 is 57.3 Å². The van der Waals surface area contributed by atoms with Crippen LogP contribution >= 0.6 is 0 Å². The third-order valence-electron chi connectivity index (χ3n) is 18.7. The molecule has 3 aromatic heterocycles. The molecule has 0 unspecified atom stereocenters. The molecule has 0 saturated heterocycles. The monoisotopic (exact) mass is 1290 g/mol. The minimum atomic E-state index is -0.510. The number of halogens is 3. The standard InChI is InChI=1S/3C22H28FN5O3/c3*1-4-19(29)14-10-26(3)21(30)20-16-12-27(8-7-18(16)25-28(20)11-14)22(31)24-15-5-6-17(23)13(2)9-15/h3*5-6,9,14,19,29H,4,7-8,10-12H2,1-3H3,(H,24,31)/t14-,19+;2*14-,19-/m010/s1. The molecule has 0 radical (unpaired) electrons. The molecule has 0 bridgehead atoms. The molecular weight excluding hydrogens is 1200 g/mol. The molecule has 9 amide bonds. The van der Waals surface area contributed by atoms with E-state index in [-0.39, 0.29) is 90.7 Å². The van der Waals surface area contributed by atoms with Crippen molar-refractivity contribution in [3.63, 3.8) is 0 Å². The summed E-state index contributed by atoms with van der Waals surface area (Å²) in [6, 6.07) is 12.4. The smallest absolute Gasteiger partial charge is 0.322 e. The number of hydrogen-bond donors (Lipinski definition) is 6. The summed E-state index contributed by atoms with van der Waals surface area (Å²) in [6.07, 6.45) is 1.94. The number of aliphatic hydroxyl groups is 3. The molecule has 12 rings (SSSR count). The molecule has 0 saturated carbocycles. The van der Waals surface area contributed by atoms with Gasteiger partial charge in [0.2, 0.25) is 0 Å². The van der Waals surface area contributed by atoms with Gasteiger partial charge in [-0.15, -0.1) is 0 Å². The largest absolute Gasteiger partial charge is 0.393 e. The Labute approximate surface area is 538 Å². The third-order valence-corrected chi connectivity index (χ3v) is 18.7. The van der Waals surface area contributed by atoms with Crippen LogP contribution in [0.1, 0.15) is 122 Å². The van der Waals surface area contributed by atoms with E-state index >= 15 is 0 Å². The number of aromatic nitrogens is 6. The number of carbonyl (C=O) groups excluding carboxylic acids is 6. The first kappa shape index (κ1) is 67.1. The highest BCUT2D eigenvalue weighted by Crippen LogP contribution is 2.33. The van der Waals surface area contributed by atoms with E-state index in [2.05, 4.69) is 31.2 Å². The SMILES string of the molecule is CC[C@@H](O)[C@@H]1CN(C)C(=O)c2c3c(nn2C1)CCN(C(=O)Nc1ccc(F)c(C)c1)C3.CC[C@@H](O)[C@H]1CN(C)C(=O)c2c3c(nn2C1)CCN(C(=O)Nc1ccc(F)c(C)c1)C3.CC[C@H](O)[C@H]1CN(C)C(=O)c2c3c(nn2C1)CCN(C(=O)Nc1ccc(F)c(C)c1)C3. The molecule has 6 atom stereocenters. The normalized spacial score (nSPS) is 19.5. The molecule has 0 aliphatic carbocycles. The molecule has 0 spiro atoms. The number of anilines is 3. The first-order chi connectivity index (χ1) is 44.3. The Bertz CT molecular complexity index is 3450. The van der Waals surface area contributed by atoms with Crippen LogP contribution in [0.4, 0.5) is 44.6 Å². The predicted octanol–water partition coefficient (Wildman–Crippen LogP) is 7.18. The highest BCUT2D eigenvalue weighted by atomic mass is 19.1. The van der Waals surface area contributed by atoms with Gasteiger partial charge in [-0.25, -0.2) is 27.6 Å². The second-order valence-electron chi connectivity index (χ2n) is 25.3. The van der Waals surface area contributed by atoms with Crippen LogP contribution in [0, 0.1) is 56.0 Å². The van der Waals surface area contributed by atoms with Gasteiger partial charge in [0.15, 0.2) is 0 Å². The van der Waals surface area contributed by atoms with Gasteiger partial charge in [0.05, 0.1) is 55.0 Å². The van der Waals surface area contributed by atoms with Crippen molar-refractivity contribution in [2.24, 2.45) is 17.8 Å². The van der Waals surface area contributed by atoms with Crippen LogP contribution in [0.2, 0.25) is 0 Å². The van der Waals surface area contributed by atoms with Crippen molar-refractivity contribution in [2.45, 2.75) is 138 Å². The summed E-state index contributed by atoms with van der Waals surface area (Å²) in [4.78, 5) is 87.6. The van der Waals surface area contributed by atoms with Gasteiger partial charge in [0, 0.05) is 151 Å². The lowest BCUT2D eigenvalue weighted by Gasteiger charge is -2.27. The highest BCUT2D eigenvalue weighted by Gasteiger charge is 2.40. The quantitative estimate of drug-likeness (QED) is 0.0840. The number of hydrogen-bond acceptors (Lipinski definition) is 12. The van der Waals surface area contributed by atoms with Gasteiger partial charge in [-0.3, -0.25) is 28.4 Å². The van der Waals surface area contributed by atoms with E-state index < -0.39 is 18.3 Å². The van der Waals surface area contributed by atoms with Crippen LogP contribution in [-0.2, 0) is 58.5 Å². The molecule has 24 nitrogen and oxygen atoms in total. The Balaban J connectivity index is 0.000000153. The summed E-state index contributed by atoms with van der Waals surface area (Å²) >= 11 is 0. The van der Waals surface area contributed by atoms with Crippen LogP contribution in [0.15, 0.2) is 54.6 Å². The lowest BCUT2D eigenvalue weighted by atomic mass is 10.0. The number of benzene rings is 3. The molecule has 9 heterocycles. The summed E-state index contributed by atoms with van der Waals surface area (Å²) in [6.45, 7) is 15.7. The van der Waals surface area contributed by atoms with Crippen molar-refractivity contribution in [1.82, 2.24) is 58.7 Å². The first-order valence-electron chi connectivity index (χ1n) is 31.9. The lowest BCUT2D eigenvalue weighted by molar-refractivity contribution is 0.0618. The van der Waals surface area contributed by atoms with Gasteiger partial charge in [0.1, 0.15) is 34.5 Å². The van der Waals surface area contributed by atoms with E-state index in [1.165, 1.54) is 36.4 Å². The number of aryl methyl sites for hydroxylation is 3. The topological polar surface area (TPSA) is 272 Å². The van der Waals surface area contributed by atoms with E-state index in [4.69, 9.17) is 0 Å². The molecule has 6 aromatic rings. The zero-order valence-electron chi connectivity index (χ0n) is 54.2. The Morgan fingerprint density at radius 1 is 0.462 bits per heavy atom. The van der Waals surface area contributed by atoms with Gasteiger partial charge in [-0.1, -0.05) is 20.8 Å². The van der Waals surface area contributed by atoms with Crippen LogP contribution < -0.4 is 16.0 Å². The summed E-state index contributed by atoms with van der Waals surface area (Å²) in [5.74, 6) is -1.68. The molecule has 498 valence electrons. The van der Waals surface area contributed by atoms with Crippen molar-refractivity contribution in [2.75, 3.05) is 76.4 Å². The summed E-state index contributed by atoms with van der Waals surface area (Å²) in [5.41, 5.74) is 9.20. The fraction of sp³-hybridized carbons (Fsp3) is 0.500. The van der Waals surface area contributed by atoms with E-state index in [9.17, 15) is 57.3 Å². The molecule has 93 heavy (non-hydrogen) atoms. The maximum Gasteiger partial charge on any atom is 0.322 e. The van der Waals surface area contributed by atoms with Gasteiger partial charge in [0.25, 0.3) is 17.7 Å². The molecular formula is C66H84F3N15O9.